The fourth-order valence-corrected chi connectivity index (χ4v) is 6.18. The van der Waals surface area contributed by atoms with Gasteiger partial charge in [-0.15, -0.1) is 0 Å². The molecule has 0 aromatic heterocycles. The van der Waals surface area contributed by atoms with Gasteiger partial charge in [0.15, 0.2) is 0 Å². The first-order valence-electron chi connectivity index (χ1n) is 16.1. The highest BCUT2D eigenvalue weighted by atomic mass is 16.5. The lowest BCUT2D eigenvalue weighted by Crippen LogP contribution is -2.46. The Balaban J connectivity index is 1.04. The molecule has 6 rings (SSSR count). The van der Waals surface area contributed by atoms with Gasteiger partial charge in [0.25, 0.3) is 5.91 Å². The molecule has 1 amide bonds. The summed E-state index contributed by atoms with van der Waals surface area (Å²) in [7, 11) is 1.26. The highest BCUT2D eigenvalue weighted by Gasteiger charge is 2.32. The van der Waals surface area contributed by atoms with E-state index in [1.54, 1.807) is 31.2 Å². The van der Waals surface area contributed by atoms with Crippen LogP contribution in [0.5, 0.6) is 0 Å². The van der Waals surface area contributed by atoms with Gasteiger partial charge in [0, 0.05) is 29.2 Å². The van der Waals surface area contributed by atoms with Crippen molar-refractivity contribution in [3.63, 3.8) is 0 Å². The van der Waals surface area contributed by atoms with Crippen LogP contribution in [0.15, 0.2) is 97.1 Å². The van der Waals surface area contributed by atoms with E-state index >= 15 is 0 Å². The van der Waals surface area contributed by atoms with E-state index < -0.39 is 29.8 Å². The monoisotopic (exact) mass is 626 g/mol. The number of amides is 1. The van der Waals surface area contributed by atoms with Gasteiger partial charge in [0.1, 0.15) is 12.6 Å². The van der Waals surface area contributed by atoms with Gasteiger partial charge >= 0.3 is 11.9 Å². The Labute approximate surface area is 275 Å². The summed E-state index contributed by atoms with van der Waals surface area (Å²) >= 11 is 0. The maximum atomic E-state index is 13.1. The van der Waals surface area contributed by atoms with E-state index in [1.807, 2.05) is 36.4 Å². The molecule has 238 valence electrons. The van der Waals surface area contributed by atoms with Crippen LogP contribution in [0.2, 0.25) is 0 Å². The molecule has 1 heterocycles. The predicted molar refractivity (Wildman–Crippen MR) is 180 cm³/mol. The molecule has 2 atom stereocenters. The number of esters is 2. The second-order valence-electron chi connectivity index (χ2n) is 12.2. The number of ether oxygens (including phenoxy) is 2. The van der Waals surface area contributed by atoms with Crippen molar-refractivity contribution in [1.82, 2.24) is 10.2 Å². The smallest absolute Gasteiger partial charge is 0.328 e. The van der Waals surface area contributed by atoms with Crippen molar-refractivity contribution in [2.75, 3.05) is 26.8 Å². The molecule has 2 aliphatic rings. The van der Waals surface area contributed by atoms with Crippen molar-refractivity contribution in [2.45, 2.75) is 38.3 Å². The normalized spacial score (nSPS) is 14.8. The number of likely N-dealkylation sites (tertiary alicyclic amines) is 1. The number of carbonyl (C=O) groups excluding carboxylic acids is 3. The lowest BCUT2D eigenvalue weighted by molar-refractivity contribution is -0.147. The van der Waals surface area contributed by atoms with Crippen molar-refractivity contribution < 1.29 is 23.9 Å². The SMILES string of the molecule is COC(=O)[C@@H](NC(=O)c1ccc(C#Cc2ccc(CN3CCC3)cc2)cc1)[C@@H](C)CC(=O)OCC1c2ccccc2-c2ccccc21. The lowest BCUT2D eigenvalue weighted by atomic mass is 9.97. The van der Waals surface area contributed by atoms with E-state index in [0.717, 1.165) is 39.9 Å². The molecule has 1 aliphatic heterocycles. The number of nitrogens with zero attached hydrogens (tertiary/aromatic N) is 1. The van der Waals surface area contributed by atoms with Gasteiger partial charge in [-0.25, -0.2) is 4.79 Å². The molecule has 0 radical (unpaired) electrons. The third-order valence-corrected chi connectivity index (χ3v) is 8.98. The fraction of sp³-hybridized carbons (Fsp3) is 0.275. The molecule has 4 aromatic rings. The zero-order valence-corrected chi connectivity index (χ0v) is 26.7. The van der Waals surface area contributed by atoms with Crippen molar-refractivity contribution in [1.29, 1.82) is 0 Å². The number of fused-ring (bicyclic) bond motifs is 3. The minimum absolute atomic E-state index is 0.0639. The van der Waals surface area contributed by atoms with Gasteiger partial charge in [-0.3, -0.25) is 14.5 Å². The average molecular weight is 627 g/mol. The number of methoxy groups -OCH3 is 1. The summed E-state index contributed by atoms with van der Waals surface area (Å²) in [6.45, 7) is 5.22. The molecule has 7 nitrogen and oxygen atoms in total. The highest BCUT2D eigenvalue weighted by molar-refractivity contribution is 5.97. The van der Waals surface area contributed by atoms with Gasteiger partial charge in [-0.2, -0.15) is 0 Å². The first-order valence-corrected chi connectivity index (χ1v) is 16.1. The first kappa shape index (κ1) is 31.8. The summed E-state index contributed by atoms with van der Waals surface area (Å²) in [4.78, 5) is 41.2. The first-order chi connectivity index (χ1) is 22.9. The molecular weight excluding hydrogens is 588 g/mol. The summed E-state index contributed by atoms with van der Waals surface area (Å²) in [6, 6.07) is 30.4. The molecule has 1 fully saturated rings. The minimum atomic E-state index is -1.03. The number of carbonyl (C=O) groups is 3. The number of nitrogens with one attached hydrogen (secondary N) is 1. The summed E-state index contributed by atoms with van der Waals surface area (Å²) in [5.41, 5.74) is 7.87. The van der Waals surface area contributed by atoms with Crippen LogP contribution in [0.4, 0.5) is 0 Å². The third kappa shape index (κ3) is 7.45. The van der Waals surface area contributed by atoms with Crippen LogP contribution in [0.25, 0.3) is 11.1 Å². The van der Waals surface area contributed by atoms with E-state index in [9.17, 15) is 14.4 Å². The van der Waals surface area contributed by atoms with Crippen LogP contribution in [-0.2, 0) is 25.6 Å². The summed E-state index contributed by atoms with van der Waals surface area (Å²) < 4.78 is 10.7. The molecular formula is C40H38N2O5. The Morgan fingerprint density at radius 2 is 1.40 bits per heavy atom. The van der Waals surface area contributed by atoms with Gasteiger partial charge in [-0.05, 0) is 89.6 Å². The van der Waals surface area contributed by atoms with Crippen LogP contribution in [0.3, 0.4) is 0 Å². The highest BCUT2D eigenvalue weighted by Crippen LogP contribution is 2.44. The summed E-state index contributed by atoms with van der Waals surface area (Å²) in [5.74, 6) is 4.16. The van der Waals surface area contributed by atoms with Crippen molar-refractivity contribution in [3.05, 3.63) is 130 Å². The van der Waals surface area contributed by atoms with Crippen LogP contribution in [0, 0.1) is 17.8 Å². The Morgan fingerprint density at radius 3 is 1.96 bits per heavy atom. The van der Waals surface area contributed by atoms with E-state index in [0.29, 0.717) is 5.56 Å². The Hall–Kier alpha value is -5.19. The van der Waals surface area contributed by atoms with E-state index in [2.05, 4.69) is 58.5 Å². The standard InChI is InChI=1S/C40H38N2O5/c1-27(24-37(43)47-26-36-34-10-5-3-8-32(34)33-9-4-6-11-35(33)36)38(40(45)46-2)41-39(44)31-20-18-29(19-21-31)13-12-28-14-16-30(17-15-28)25-42-22-7-23-42/h3-6,8-11,14-21,27,36,38H,7,22-26H2,1-2H3,(H,41,44)/t27-,38-/m0/s1. The van der Waals surface area contributed by atoms with Crippen molar-refractivity contribution in [2.24, 2.45) is 5.92 Å². The summed E-state index contributed by atoms with van der Waals surface area (Å²) in [5, 5.41) is 2.76. The maximum Gasteiger partial charge on any atom is 0.328 e. The quantitative estimate of drug-likeness (QED) is 0.173. The molecule has 0 unspecified atom stereocenters. The van der Waals surface area contributed by atoms with E-state index in [1.165, 1.54) is 32.2 Å². The minimum Gasteiger partial charge on any atom is -0.467 e. The van der Waals surface area contributed by atoms with Gasteiger partial charge in [0.05, 0.1) is 13.5 Å². The van der Waals surface area contributed by atoms with Crippen LogP contribution >= 0.6 is 0 Å². The second kappa shape index (κ2) is 14.5. The molecule has 4 aromatic carbocycles. The van der Waals surface area contributed by atoms with Crippen molar-refractivity contribution >= 4 is 17.8 Å². The van der Waals surface area contributed by atoms with Crippen molar-refractivity contribution in [3.8, 4) is 23.0 Å². The van der Waals surface area contributed by atoms with E-state index in [-0.39, 0.29) is 18.9 Å². The molecule has 0 bridgehead atoms. The molecule has 7 heteroatoms. The molecule has 1 N–H and O–H groups in total. The Bertz CT molecular complexity index is 1770. The molecule has 1 saturated heterocycles. The third-order valence-electron chi connectivity index (χ3n) is 8.98. The number of hydrogen-bond acceptors (Lipinski definition) is 6. The predicted octanol–water partition coefficient (Wildman–Crippen LogP) is 5.95. The lowest BCUT2D eigenvalue weighted by Gasteiger charge is -2.30. The Morgan fingerprint density at radius 1 is 0.830 bits per heavy atom. The zero-order chi connectivity index (χ0) is 32.8. The molecule has 0 saturated carbocycles. The topological polar surface area (TPSA) is 84.9 Å². The molecule has 1 aliphatic carbocycles. The fourth-order valence-electron chi connectivity index (χ4n) is 6.18. The average Bonchev–Trinajstić information content (AvgIpc) is 3.40. The number of hydrogen-bond donors (Lipinski definition) is 1. The van der Waals surface area contributed by atoms with Crippen LogP contribution in [0.1, 0.15) is 63.9 Å². The van der Waals surface area contributed by atoms with Crippen LogP contribution in [-0.4, -0.2) is 55.6 Å². The number of benzene rings is 4. The van der Waals surface area contributed by atoms with Gasteiger partial charge in [-0.1, -0.05) is 79.4 Å². The van der Waals surface area contributed by atoms with Crippen LogP contribution < -0.4 is 5.32 Å². The van der Waals surface area contributed by atoms with E-state index in [4.69, 9.17) is 9.47 Å². The zero-order valence-electron chi connectivity index (χ0n) is 26.7. The second-order valence-corrected chi connectivity index (χ2v) is 12.2. The Kier molecular flexibility index (Phi) is 9.80. The maximum absolute atomic E-state index is 13.1. The largest absolute Gasteiger partial charge is 0.467 e. The summed E-state index contributed by atoms with van der Waals surface area (Å²) in [6.07, 6.45) is 1.21. The van der Waals surface area contributed by atoms with Gasteiger partial charge in [0.2, 0.25) is 0 Å². The molecule has 0 spiro atoms. The molecule has 47 heavy (non-hydrogen) atoms. The van der Waals surface area contributed by atoms with Gasteiger partial charge < -0.3 is 14.8 Å². The number of rotatable bonds is 10.